The summed E-state index contributed by atoms with van der Waals surface area (Å²) in [4.78, 5) is 27.0. The second-order valence-electron chi connectivity index (χ2n) is 6.62. The zero-order chi connectivity index (χ0) is 19.9. The third-order valence-corrected chi connectivity index (χ3v) is 4.74. The SMILES string of the molecule is CCN(CC)Cc1ccc(CNC(=O)Cn2nnc3ccccc3c2=O)cc1. The fourth-order valence-electron chi connectivity index (χ4n) is 2.99. The molecule has 0 aliphatic carbocycles. The zero-order valence-electron chi connectivity index (χ0n) is 16.3. The molecular formula is C21H25N5O2. The Kier molecular flexibility index (Phi) is 6.49. The van der Waals surface area contributed by atoms with Crippen molar-refractivity contribution in [2.24, 2.45) is 0 Å². The number of aromatic nitrogens is 3. The average Bonchev–Trinajstić information content (AvgIpc) is 2.73. The van der Waals surface area contributed by atoms with Crippen LogP contribution in [-0.4, -0.2) is 38.9 Å². The number of carbonyl (C=O) groups excluding carboxylic acids is 1. The van der Waals surface area contributed by atoms with Gasteiger partial charge in [0.2, 0.25) is 5.91 Å². The Bertz CT molecular complexity index is 994. The van der Waals surface area contributed by atoms with E-state index in [0.717, 1.165) is 29.9 Å². The van der Waals surface area contributed by atoms with Gasteiger partial charge < -0.3 is 5.32 Å². The fourth-order valence-corrected chi connectivity index (χ4v) is 2.99. The quantitative estimate of drug-likeness (QED) is 0.647. The number of benzene rings is 2. The smallest absolute Gasteiger partial charge is 0.278 e. The molecule has 0 saturated carbocycles. The molecule has 3 rings (SSSR count). The summed E-state index contributed by atoms with van der Waals surface area (Å²) in [5, 5.41) is 11.1. The molecule has 0 spiro atoms. The highest BCUT2D eigenvalue weighted by atomic mass is 16.2. The number of carbonyl (C=O) groups is 1. The molecule has 0 fully saturated rings. The Labute approximate surface area is 164 Å². The van der Waals surface area contributed by atoms with Gasteiger partial charge in [-0.1, -0.05) is 55.5 Å². The molecule has 1 heterocycles. The summed E-state index contributed by atoms with van der Waals surface area (Å²) in [6, 6.07) is 15.2. The summed E-state index contributed by atoms with van der Waals surface area (Å²) < 4.78 is 1.09. The lowest BCUT2D eigenvalue weighted by Crippen LogP contribution is -2.34. The molecule has 0 aliphatic rings. The minimum absolute atomic E-state index is 0.156. The van der Waals surface area contributed by atoms with Gasteiger partial charge in [0, 0.05) is 13.1 Å². The van der Waals surface area contributed by atoms with Crippen LogP contribution in [0, 0.1) is 0 Å². The molecule has 3 aromatic rings. The van der Waals surface area contributed by atoms with Gasteiger partial charge >= 0.3 is 0 Å². The highest BCUT2D eigenvalue weighted by Gasteiger charge is 2.09. The van der Waals surface area contributed by atoms with Crippen LogP contribution in [0.3, 0.4) is 0 Å². The summed E-state index contributed by atoms with van der Waals surface area (Å²) >= 11 is 0. The van der Waals surface area contributed by atoms with Gasteiger partial charge in [0.25, 0.3) is 5.56 Å². The minimum Gasteiger partial charge on any atom is -0.350 e. The van der Waals surface area contributed by atoms with Crippen LogP contribution in [-0.2, 0) is 24.4 Å². The molecule has 0 saturated heterocycles. The van der Waals surface area contributed by atoms with Crippen LogP contribution >= 0.6 is 0 Å². The Hall–Kier alpha value is -3.06. The van der Waals surface area contributed by atoms with E-state index in [-0.39, 0.29) is 18.0 Å². The second-order valence-corrected chi connectivity index (χ2v) is 6.62. The highest BCUT2D eigenvalue weighted by Crippen LogP contribution is 2.08. The fraction of sp³-hybridized carbons (Fsp3) is 0.333. The van der Waals surface area contributed by atoms with Crippen LogP contribution in [0.2, 0.25) is 0 Å². The first-order valence-electron chi connectivity index (χ1n) is 9.50. The van der Waals surface area contributed by atoms with E-state index >= 15 is 0 Å². The van der Waals surface area contributed by atoms with E-state index < -0.39 is 0 Å². The van der Waals surface area contributed by atoms with Gasteiger partial charge in [0.1, 0.15) is 12.1 Å². The van der Waals surface area contributed by atoms with Crippen molar-refractivity contribution in [1.82, 2.24) is 25.2 Å². The lowest BCUT2D eigenvalue weighted by molar-refractivity contribution is -0.122. The molecule has 0 bridgehead atoms. The predicted octanol–water partition coefficient (Wildman–Crippen LogP) is 1.95. The van der Waals surface area contributed by atoms with Crippen LogP contribution in [0.5, 0.6) is 0 Å². The number of nitrogens with zero attached hydrogens (tertiary/aromatic N) is 4. The molecule has 28 heavy (non-hydrogen) atoms. The number of hydrogen-bond acceptors (Lipinski definition) is 5. The highest BCUT2D eigenvalue weighted by molar-refractivity contribution is 5.78. The summed E-state index contributed by atoms with van der Waals surface area (Å²) in [7, 11) is 0. The van der Waals surface area contributed by atoms with Crippen molar-refractivity contribution in [2.45, 2.75) is 33.5 Å². The van der Waals surface area contributed by atoms with Crippen LogP contribution < -0.4 is 10.9 Å². The molecule has 7 nitrogen and oxygen atoms in total. The van der Waals surface area contributed by atoms with E-state index in [9.17, 15) is 9.59 Å². The lowest BCUT2D eigenvalue weighted by atomic mass is 10.1. The summed E-state index contributed by atoms with van der Waals surface area (Å²) in [5.74, 6) is -0.279. The number of amides is 1. The second kappa shape index (κ2) is 9.23. The molecule has 1 N–H and O–H groups in total. The van der Waals surface area contributed by atoms with Gasteiger partial charge in [-0.25, -0.2) is 4.68 Å². The normalized spacial score (nSPS) is 11.1. The van der Waals surface area contributed by atoms with E-state index in [0.29, 0.717) is 17.4 Å². The molecule has 0 radical (unpaired) electrons. The first-order valence-corrected chi connectivity index (χ1v) is 9.50. The van der Waals surface area contributed by atoms with Gasteiger partial charge in [-0.2, -0.15) is 0 Å². The van der Waals surface area contributed by atoms with Crippen molar-refractivity contribution in [2.75, 3.05) is 13.1 Å². The zero-order valence-corrected chi connectivity index (χ0v) is 16.3. The van der Waals surface area contributed by atoms with Gasteiger partial charge in [-0.3, -0.25) is 14.5 Å². The van der Waals surface area contributed by atoms with Crippen LogP contribution in [0.15, 0.2) is 53.3 Å². The molecule has 146 valence electrons. The standard InChI is InChI=1S/C21H25N5O2/c1-3-25(4-2)14-17-11-9-16(10-12-17)13-22-20(27)15-26-21(28)18-7-5-6-8-19(18)23-24-26/h5-12H,3-4,13-15H2,1-2H3,(H,22,27). The number of hydrogen-bond donors (Lipinski definition) is 1. The van der Waals surface area contributed by atoms with Gasteiger partial charge in [-0.15, -0.1) is 5.10 Å². The number of fused-ring (bicyclic) bond motifs is 1. The third-order valence-electron chi connectivity index (χ3n) is 4.74. The van der Waals surface area contributed by atoms with Crippen molar-refractivity contribution >= 4 is 16.8 Å². The summed E-state index contributed by atoms with van der Waals surface area (Å²) in [6.45, 7) is 7.51. The topological polar surface area (TPSA) is 80.1 Å². The first-order chi connectivity index (χ1) is 13.6. The number of rotatable bonds is 8. The summed E-state index contributed by atoms with van der Waals surface area (Å²) in [5.41, 5.74) is 2.46. The minimum atomic E-state index is -0.318. The largest absolute Gasteiger partial charge is 0.350 e. The van der Waals surface area contributed by atoms with Gasteiger partial charge in [0.15, 0.2) is 0 Å². The lowest BCUT2D eigenvalue weighted by Gasteiger charge is -2.18. The maximum atomic E-state index is 12.4. The molecule has 0 aliphatic heterocycles. The van der Waals surface area contributed by atoms with Crippen molar-refractivity contribution < 1.29 is 4.79 Å². The van der Waals surface area contributed by atoms with E-state index in [2.05, 4.69) is 46.5 Å². The van der Waals surface area contributed by atoms with Gasteiger partial charge in [0.05, 0.1) is 5.39 Å². The Morgan fingerprint density at radius 1 is 1.04 bits per heavy atom. The van der Waals surface area contributed by atoms with Crippen molar-refractivity contribution in [3.63, 3.8) is 0 Å². The van der Waals surface area contributed by atoms with Crippen molar-refractivity contribution in [1.29, 1.82) is 0 Å². The Morgan fingerprint density at radius 2 is 1.71 bits per heavy atom. The molecule has 0 unspecified atom stereocenters. The Balaban J connectivity index is 1.57. The average molecular weight is 379 g/mol. The van der Waals surface area contributed by atoms with Crippen molar-refractivity contribution in [3.05, 3.63) is 70.0 Å². The molecule has 0 atom stereocenters. The molecule has 1 amide bonds. The van der Waals surface area contributed by atoms with E-state index in [1.165, 1.54) is 5.56 Å². The monoisotopic (exact) mass is 379 g/mol. The molecule has 7 heteroatoms. The third kappa shape index (κ3) is 4.80. The first kappa shape index (κ1) is 19.7. The van der Waals surface area contributed by atoms with Crippen LogP contribution in [0.1, 0.15) is 25.0 Å². The predicted molar refractivity (Wildman–Crippen MR) is 109 cm³/mol. The Morgan fingerprint density at radius 3 is 2.43 bits per heavy atom. The van der Waals surface area contributed by atoms with E-state index in [1.54, 1.807) is 24.3 Å². The van der Waals surface area contributed by atoms with Gasteiger partial charge in [-0.05, 0) is 36.3 Å². The maximum absolute atomic E-state index is 12.4. The molecule has 2 aromatic carbocycles. The van der Waals surface area contributed by atoms with E-state index in [1.807, 2.05) is 12.1 Å². The van der Waals surface area contributed by atoms with Crippen molar-refractivity contribution in [3.8, 4) is 0 Å². The molecule has 1 aromatic heterocycles. The van der Waals surface area contributed by atoms with Crippen LogP contribution in [0.4, 0.5) is 0 Å². The van der Waals surface area contributed by atoms with E-state index in [4.69, 9.17) is 0 Å². The molecular weight excluding hydrogens is 354 g/mol. The number of nitrogens with one attached hydrogen (secondary N) is 1. The van der Waals surface area contributed by atoms with Crippen LogP contribution in [0.25, 0.3) is 10.9 Å². The maximum Gasteiger partial charge on any atom is 0.278 e. The summed E-state index contributed by atoms with van der Waals surface area (Å²) in [6.07, 6.45) is 0.